The van der Waals surface area contributed by atoms with Crippen molar-refractivity contribution in [2.45, 2.75) is 108 Å². The maximum absolute atomic E-state index is 12.6. The van der Waals surface area contributed by atoms with E-state index in [0.29, 0.717) is 11.9 Å². The van der Waals surface area contributed by atoms with E-state index >= 15 is 0 Å². The average Bonchev–Trinajstić information content (AvgIpc) is 3.07. The summed E-state index contributed by atoms with van der Waals surface area (Å²) < 4.78 is 7.05. The van der Waals surface area contributed by atoms with Crippen molar-refractivity contribution in [2.24, 2.45) is 0 Å². The Morgan fingerprint density at radius 2 is 1.69 bits per heavy atom. The van der Waals surface area contributed by atoms with Crippen LogP contribution in [0.1, 0.15) is 88.8 Å². The van der Waals surface area contributed by atoms with E-state index in [1.807, 2.05) is 6.92 Å². The maximum Gasteiger partial charge on any atom is 0.351 e. The highest BCUT2D eigenvalue weighted by atomic mass is 16.5. The van der Waals surface area contributed by atoms with Crippen LogP contribution in [0.15, 0.2) is 11.0 Å². The van der Waals surface area contributed by atoms with Gasteiger partial charge in [-0.2, -0.15) is 4.98 Å². The summed E-state index contributed by atoms with van der Waals surface area (Å²) >= 11 is 0. The number of aliphatic hydroxyl groups excluding tert-OH is 2. The Morgan fingerprint density at radius 3 is 2.24 bits per heavy atom. The summed E-state index contributed by atoms with van der Waals surface area (Å²) in [5, 5.41) is 22.7. The number of anilines is 1. The van der Waals surface area contributed by atoms with E-state index in [1.54, 1.807) is 6.20 Å². The molecule has 3 rings (SSSR count). The van der Waals surface area contributed by atoms with Crippen molar-refractivity contribution in [2.75, 3.05) is 11.9 Å². The van der Waals surface area contributed by atoms with Crippen LogP contribution in [0.5, 0.6) is 0 Å². The molecule has 1 aliphatic heterocycles. The van der Waals surface area contributed by atoms with Crippen molar-refractivity contribution in [1.29, 1.82) is 0 Å². The molecule has 0 bridgehead atoms. The minimum Gasteiger partial charge on any atom is -0.394 e. The summed E-state index contributed by atoms with van der Waals surface area (Å²) in [5.41, 5.74) is 0.503. The molecule has 2 fully saturated rings. The summed E-state index contributed by atoms with van der Waals surface area (Å²) in [6.07, 6.45) is 14.0. The third-order valence-electron chi connectivity index (χ3n) is 6.27. The van der Waals surface area contributed by atoms with Gasteiger partial charge in [0.15, 0.2) is 0 Å². The fraction of sp³-hybridized carbons (Fsp3) is 0.818. The van der Waals surface area contributed by atoms with Gasteiger partial charge < -0.3 is 20.3 Å². The minimum atomic E-state index is -0.772. The molecule has 3 N–H and O–H groups in total. The Bertz CT molecular complexity index is 681. The number of nitrogens with zero attached hydrogens (tertiary/aromatic N) is 2. The van der Waals surface area contributed by atoms with Crippen molar-refractivity contribution >= 4 is 5.82 Å². The third kappa shape index (κ3) is 6.27. The molecule has 1 saturated heterocycles. The molecule has 0 radical (unpaired) electrons. The smallest absolute Gasteiger partial charge is 0.351 e. The average molecular weight is 408 g/mol. The molecule has 0 spiro atoms. The predicted octanol–water partition coefficient (Wildman–Crippen LogP) is 3.28. The van der Waals surface area contributed by atoms with Crippen LogP contribution >= 0.6 is 0 Å². The fourth-order valence-corrected chi connectivity index (χ4v) is 4.47. The lowest BCUT2D eigenvalue weighted by Gasteiger charge is -2.22. The van der Waals surface area contributed by atoms with Gasteiger partial charge in [0.05, 0.1) is 12.7 Å². The van der Waals surface area contributed by atoms with E-state index in [4.69, 9.17) is 4.74 Å². The second-order valence-electron chi connectivity index (χ2n) is 8.68. The molecule has 164 valence electrons. The first-order chi connectivity index (χ1) is 14.1. The van der Waals surface area contributed by atoms with Gasteiger partial charge in [0.25, 0.3) is 0 Å². The van der Waals surface area contributed by atoms with Crippen molar-refractivity contribution in [1.82, 2.24) is 9.55 Å². The first kappa shape index (κ1) is 22.2. The zero-order valence-electron chi connectivity index (χ0n) is 17.7. The van der Waals surface area contributed by atoms with Crippen LogP contribution in [0.2, 0.25) is 0 Å². The van der Waals surface area contributed by atoms with Crippen molar-refractivity contribution in [3.63, 3.8) is 0 Å². The van der Waals surface area contributed by atoms with Gasteiger partial charge in [0, 0.05) is 24.2 Å². The van der Waals surface area contributed by atoms with Crippen molar-refractivity contribution < 1.29 is 14.9 Å². The molecule has 0 aromatic carbocycles. The molecule has 3 unspecified atom stereocenters. The minimum absolute atomic E-state index is 0.264. The predicted molar refractivity (Wildman–Crippen MR) is 113 cm³/mol. The van der Waals surface area contributed by atoms with Crippen LogP contribution < -0.4 is 11.0 Å². The largest absolute Gasteiger partial charge is 0.394 e. The maximum atomic E-state index is 12.6. The molecule has 7 nitrogen and oxygen atoms in total. The molecule has 0 amide bonds. The number of ether oxygens (including phenoxy) is 1. The zero-order chi connectivity index (χ0) is 20.6. The summed E-state index contributed by atoms with van der Waals surface area (Å²) in [6.45, 7) is 1.68. The van der Waals surface area contributed by atoms with Gasteiger partial charge in [0.1, 0.15) is 18.1 Å². The van der Waals surface area contributed by atoms with Crippen LogP contribution in [0.3, 0.4) is 0 Å². The van der Waals surface area contributed by atoms with E-state index in [-0.39, 0.29) is 18.7 Å². The second kappa shape index (κ2) is 11.1. The van der Waals surface area contributed by atoms with Crippen LogP contribution in [-0.4, -0.2) is 44.6 Å². The van der Waals surface area contributed by atoms with E-state index in [2.05, 4.69) is 10.3 Å². The molecular formula is C22H37N3O4. The second-order valence-corrected chi connectivity index (χ2v) is 8.68. The number of nitrogens with one attached hydrogen (secondary N) is 1. The molecule has 1 aliphatic carbocycles. The Balaban J connectivity index is 1.66. The summed E-state index contributed by atoms with van der Waals surface area (Å²) in [6, 6.07) is 0.346. The van der Waals surface area contributed by atoms with Crippen LogP contribution in [0, 0.1) is 6.92 Å². The fourth-order valence-electron chi connectivity index (χ4n) is 4.47. The first-order valence-corrected chi connectivity index (χ1v) is 11.4. The molecule has 1 saturated carbocycles. The number of aryl methyl sites for hydroxylation is 1. The number of aliphatic hydroxyl groups is 2. The first-order valence-electron chi connectivity index (χ1n) is 11.4. The van der Waals surface area contributed by atoms with Gasteiger partial charge in [-0.15, -0.1) is 0 Å². The van der Waals surface area contributed by atoms with E-state index in [0.717, 1.165) is 18.4 Å². The molecule has 1 aromatic heterocycles. The normalized spacial score (nSPS) is 27.9. The van der Waals surface area contributed by atoms with Crippen LogP contribution in [-0.2, 0) is 4.74 Å². The number of hydrogen-bond acceptors (Lipinski definition) is 6. The topological polar surface area (TPSA) is 96.6 Å². The number of aromatic nitrogens is 2. The summed E-state index contributed by atoms with van der Waals surface area (Å²) in [7, 11) is 0. The quantitative estimate of drug-likeness (QED) is 0.709. The van der Waals surface area contributed by atoms with Crippen LogP contribution in [0.25, 0.3) is 0 Å². The Labute approximate surface area is 173 Å². The molecule has 1 aromatic rings. The van der Waals surface area contributed by atoms with Gasteiger partial charge in [-0.25, -0.2) is 4.79 Å². The standard InChI is InChI=1S/C22H37N3O4/c1-16-14-25(20-13-18(27)19(15-26)29-20)22(28)24-21(16)23-17-11-9-7-5-3-2-4-6-8-10-12-17/h14,17-20,26-27H,2-13,15H2,1H3,(H,23,24,28). The van der Waals surface area contributed by atoms with E-state index in [1.165, 1.54) is 62.4 Å². The Kier molecular flexibility index (Phi) is 8.51. The SMILES string of the molecule is Cc1cn(C2CC(O)C(CO)O2)c(=O)nc1NC1CCCCCCCCCCC1. The van der Waals surface area contributed by atoms with Gasteiger partial charge in [0.2, 0.25) is 0 Å². The number of rotatable bonds is 4. The highest BCUT2D eigenvalue weighted by molar-refractivity contribution is 5.42. The van der Waals surface area contributed by atoms with Gasteiger partial charge in [-0.3, -0.25) is 4.57 Å². The summed E-state index contributed by atoms with van der Waals surface area (Å²) in [4.78, 5) is 16.9. The highest BCUT2D eigenvalue weighted by Crippen LogP contribution is 2.28. The van der Waals surface area contributed by atoms with Gasteiger partial charge >= 0.3 is 5.69 Å². The van der Waals surface area contributed by atoms with Crippen LogP contribution in [0.4, 0.5) is 5.82 Å². The zero-order valence-corrected chi connectivity index (χ0v) is 17.7. The lowest BCUT2D eigenvalue weighted by Crippen LogP contribution is -2.30. The molecular weight excluding hydrogens is 370 g/mol. The molecule has 3 atom stereocenters. The van der Waals surface area contributed by atoms with E-state index in [9.17, 15) is 15.0 Å². The van der Waals surface area contributed by atoms with Crippen molar-refractivity contribution in [3.8, 4) is 0 Å². The Hall–Kier alpha value is -1.44. The number of hydrogen-bond donors (Lipinski definition) is 3. The van der Waals surface area contributed by atoms with Crippen molar-refractivity contribution in [3.05, 3.63) is 22.2 Å². The van der Waals surface area contributed by atoms with E-state index < -0.39 is 18.4 Å². The Morgan fingerprint density at radius 1 is 1.10 bits per heavy atom. The molecule has 29 heavy (non-hydrogen) atoms. The monoisotopic (exact) mass is 407 g/mol. The lowest BCUT2D eigenvalue weighted by molar-refractivity contribution is -0.0459. The summed E-state index contributed by atoms with van der Waals surface area (Å²) in [5.74, 6) is 0.653. The molecule has 2 heterocycles. The van der Waals surface area contributed by atoms with Gasteiger partial charge in [-0.1, -0.05) is 57.8 Å². The highest BCUT2D eigenvalue weighted by Gasteiger charge is 2.35. The van der Waals surface area contributed by atoms with Gasteiger partial charge in [-0.05, 0) is 19.8 Å². The molecule has 7 heteroatoms. The lowest BCUT2D eigenvalue weighted by atomic mass is 9.98. The molecule has 2 aliphatic rings. The third-order valence-corrected chi connectivity index (χ3v) is 6.27.